The fourth-order valence-corrected chi connectivity index (χ4v) is 5.64. The lowest BCUT2D eigenvalue weighted by molar-refractivity contribution is -0.139. The summed E-state index contributed by atoms with van der Waals surface area (Å²) < 4.78 is 41.8. The monoisotopic (exact) mass is 579 g/mol. The maximum atomic E-state index is 13.8. The van der Waals surface area contributed by atoms with Crippen molar-refractivity contribution >= 4 is 50.7 Å². The van der Waals surface area contributed by atoms with Crippen LogP contribution in [0.1, 0.15) is 25.8 Å². The van der Waals surface area contributed by atoms with Gasteiger partial charge in [0, 0.05) is 28.7 Å². The number of amides is 2. The van der Waals surface area contributed by atoms with Gasteiger partial charge in [-0.05, 0) is 61.9 Å². The highest BCUT2D eigenvalue weighted by Crippen LogP contribution is 2.28. The Labute approximate surface area is 232 Å². The Kier molecular flexibility index (Phi) is 10.1. The van der Waals surface area contributed by atoms with Crippen LogP contribution >= 0.6 is 23.2 Å². The topological polar surface area (TPSA) is 86.8 Å². The molecule has 0 aliphatic heterocycles. The minimum atomic E-state index is -4.23. The summed E-state index contributed by atoms with van der Waals surface area (Å²) >= 11 is 12.7. The molecule has 0 radical (unpaired) electrons. The van der Waals surface area contributed by atoms with Gasteiger partial charge in [0.15, 0.2) is 0 Å². The maximum Gasteiger partial charge on any atom is 0.264 e. The fraction of sp³-hybridized carbons (Fsp3) is 0.259. The van der Waals surface area contributed by atoms with Gasteiger partial charge < -0.3 is 10.2 Å². The van der Waals surface area contributed by atoms with E-state index in [9.17, 15) is 22.4 Å². The number of sulfonamides is 1. The second-order valence-corrected chi connectivity index (χ2v) is 11.2. The van der Waals surface area contributed by atoms with Gasteiger partial charge in [0.2, 0.25) is 11.8 Å². The molecule has 3 rings (SSSR count). The summed E-state index contributed by atoms with van der Waals surface area (Å²) in [5.74, 6) is -1.65. The predicted molar refractivity (Wildman–Crippen MR) is 147 cm³/mol. The van der Waals surface area contributed by atoms with E-state index in [2.05, 4.69) is 5.32 Å². The normalized spacial score (nSPS) is 12.0. The van der Waals surface area contributed by atoms with E-state index in [0.29, 0.717) is 28.6 Å². The quantitative estimate of drug-likeness (QED) is 0.335. The number of carbonyl (C=O) groups excluding carboxylic acids is 2. The highest BCUT2D eigenvalue weighted by atomic mass is 35.5. The van der Waals surface area contributed by atoms with Gasteiger partial charge in [-0.1, -0.05) is 54.4 Å². The van der Waals surface area contributed by atoms with Crippen LogP contribution in [0.15, 0.2) is 77.7 Å². The third kappa shape index (κ3) is 7.03. The Balaban J connectivity index is 2.04. The predicted octanol–water partition coefficient (Wildman–Crippen LogP) is 5.27. The number of hydrogen-bond acceptors (Lipinski definition) is 4. The molecule has 0 aliphatic carbocycles. The third-order valence-corrected chi connectivity index (χ3v) is 8.33. The highest BCUT2D eigenvalue weighted by molar-refractivity contribution is 7.92. The molecule has 0 spiro atoms. The van der Waals surface area contributed by atoms with Crippen LogP contribution in [0.3, 0.4) is 0 Å². The number of hydrogen-bond donors (Lipinski definition) is 1. The molecule has 1 N–H and O–H groups in total. The van der Waals surface area contributed by atoms with E-state index < -0.39 is 40.2 Å². The summed E-state index contributed by atoms with van der Waals surface area (Å²) in [4.78, 5) is 27.9. The molecule has 0 bridgehead atoms. The van der Waals surface area contributed by atoms with Crippen molar-refractivity contribution in [1.82, 2.24) is 10.2 Å². The molecule has 38 heavy (non-hydrogen) atoms. The molecule has 7 nitrogen and oxygen atoms in total. The largest absolute Gasteiger partial charge is 0.354 e. The molecule has 3 aromatic carbocycles. The van der Waals surface area contributed by atoms with Crippen molar-refractivity contribution in [3.8, 4) is 0 Å². The zero-order valence-corrected chi connectivity index (χ0v) is 23.2. The van der Waals surface area contributed by atoms with Gasteiger partial charge in [-0.15, -0.1) is 0 Å². The molecule has 0 aliphatic rings. The first-order valence-electron chi connectivity index (χ1n) is 11.9. The van der Waals surface area contributed by atoms with Crippen LogP contribution in [-0.4, -0.2) is 44.3 Å². The van der Waals surface area contributed by atoms with E-state index in [1.807, 2.05) is 6.92 Å². The van der Waals surface area contributed by atoms with E-state index in [1.165, 1.54) is 29.2 Å². The van der Waals surface area contributed by atoms with Crippen molar-refractivity contribution in [3.05, 3.63) is 94.2 Å². The van der Waals surface area contributed by atoms with Crippen molar-refractivity contribution in [2.24, 2.45) is 0 Å². The molecule has 3 aromatic rings. The average molecular weight is 581 g/mol. The van der Waals surface area contributed by atoms with Crippen LogP contribution in [0.4, 0.5) is 10.1 Å². The lowest BCUT2D eigenvalue weighted by Crippen LogP contribution is -2.51. The van der Waals surface area contributed by atoms with Crippen molar-refractivity contribution in [2.45, 2.75) is 37.8 Å². The molecule has 0 fully saturated rings. The smallest absolute Gasteiger partial charge is 0.264 e. The van der Waals surface area contributed by atoms with Gasteiger partial charge in [-0.2, -0.15) is 0 Å². The van der Waals surface area contributed by atoms with Crippen LogP contribution in [0.2, 0.25) is 10.0 Å². The van der Waals surface area contributed by atoms with Gasteiger partial charge in [0.05, 0.1) is 10.6 Å². The summed E-state index contributed by atoms with van der Waals surface area (Å²) in [6.45, 7) is 3.05. The minimum Gasteiger partial charge on any atom is -0.354 e. The number of benzene rings is 3. The number of halogens is 3. The molecule has 202 valence electrons. The zero-order chi connectivity index (χ0) is 27.9. The summed E-state index contributed by atoms with van der Waals surface area (Å²) in [6.07, 6.45) is 0.691. The van der Waals surface area contributed by atoms with Gasteiger partial charge in [-0.25, -0.2) is 12.8 Å². The maximum absolute atomic E-state index is 13.8. The van der Waals surface area contributed by atoms with Gasteiger partial charge in [0.25, 0.3) is 10.0 Å². The molecular weight excluding hydrogens is 552 g/mol. The van der Waals surface area contributed by atoms with Crippen LogP contribution in [0.5, 0.6) is 0 Å². The Bertz CT molecular complexity index is 1350. The fourth-order valence-electron chi connectivity index (χ4n) is 3.69. The summed E-state index contributed by atoms with van der Waals surface area (Å²) in [5.41, 5.74) is 0.501. The first kappa shape index (κ1) is 29.4. The molecule has 0 unspecified atom stereocenters. The van der Waals surface area contributed by atoms with Crippen LogP contribution in [0, 0.1) is 5.82 Å². The second kappa shape index (κ2) is 13.1. The van der Waals surface area contributed by atoms with Crippen molar-refractivity contribution in [1.29, 1.82) is 0 Å². The number of anilines is 1. The van der Waals surface area contributed by atoms with E-state index >= 15 is 0 Å². The molecule has 1 atom stereocenters. The van der Waals surface area contributed by atoms with E-state index in [-0.39, 0.29) is 17.1 Å². The Morgan fingerprint density at radius 3 is 2.13 bits per heavy atom. The SMILES string of the molecule is CCCNC(=O)[C@@H](C)N(Cc1c(Cl)cccc1Cl)C(=O)CN(c1ccc(F)cc1)S(=O)(=O)c1ccccc1. The molecule has 0 saturated carbocycles. The number of rotatable bonds is 11. The number of nitrogens with one attached hydrogen (secondary N) is 1. The third-order valence-electron chi connectivity index (χ3n) is 5.83. The summed E-state index contributed by atoms with van der Waals surface area (Å²) in [6, 6.07) is 16.2. The van der Waals surface area contributed by atoms with Crippen LogP contribution < -0.4 is 9.62 Å². The average Bonchev–Trinajstić information content (AvgIpc) is 2.90. The van der Waals surface area contributed by atoms with Gasteiger partial charge in [-0.3, -0.25) is 13.9 Å². The van der Waals surface area contributed by atoms with Crippen LogP contribution in [-0.2, 0) is 26.2 Å². The zero-order valence-electron chi connectivity index (χ0n) is 20.9. The van der Waals surface area contributed by atoms with Crippen molar-refractivity contribution in [2.75, 3.05) is 17.4 Å². The highest BCUT2D eigenvalue weighted by Gasteiger charge is 2.33. The number of nitrogens with zero attached hydrogens (tertiary/aromatic N) is 2. The minimum absolute atomic E-state index is 0.0495. The lowest BCUT2D eigenvalue weighted by atomic mass is 10.1. The molecule has 0 heterocycles. The van der Waals surface area contributed by atoms with E-state index in [4.69, 9.17) is 23.2 Å². The first-order chi connectivity index (χ1) is 18.1. The molecule has 0 aromatic heterocycles. The molecule has 2 amide bonds. The van der Waals surface area contributed by atoms with Crippen molar-refractivity contribution < 1.29 is 22.4 Å². The summed E-state index contributed by atoms with van der Waals surface area (Å²) in [5, 5.41) is 3.35. The molecule has 0 saturated heterocycles. The van der Waals surface area contributed by atoms with Crippen molar-refractivity contribution in [3.63, 3.8) is 0 Å². The number of carbonyl (C=O) groups is 2. The molecule has 11 heteroatoms. The van der Waals surface area contributed by atoms with Crippen LogP contribution in [0.25, 0.3) is 0 Å². The van der Waals surface area contributed by atoms with Gasteiger partial charge >= 0.3 is 0 Å². The standard InChI is InChI=1S/C27H28Cl2FN3O4S/c1-3-16-31-27(35)19(2)32(17-23-24(28)10-7-11-25(23)29)26(34)18-33(21-14-12-20(30)13-15-21)38(36,37)22-8-5-4-6-9-22/h4-15,19H,3,16-18H2,1-2H3,(H,31,35)/t19-/m1/s1. The second-order valence-electron chi connectivity index (χ2n) is 8.49. The molecular formula is C27H28Cl2FN3O4S. The Morgan fingerprint density at radius 1 is 0.947 bits per heavy atom. The Morgan fingerprint density at radius 2 is 1.55 bits per heavy atom. The lowest BCUT2D eigenvalue weighted by Gasteiger charge is -2.32. The Hall–Kier alpha value is -3.14. The summed E-state index contributed by atoms with van der Waals surface area (Å²) in [7, 11) is -4.23. The first-order valence-corrected chi connectivity index (χ1v) is 14.1. The van der Waals surface area contributed by atoms with E-state index in [0.717, 1.165) is 16.4 Å². The van der Waals surface area contributed by atoms with Gasteiger partial charge in [0.1, 0.15) is 18.4 Å². The van der Waals surface area contributed by atoms with E-state index in [1.54, 1.807) is 43.3 Å².